The SMILES string of the molecule is CCC(=O)c1ccc(OCC(=O)OCc2cc(Cl)c3c(c2)OCO3)cc1. The predicted molar refractivity (Wildman–Crippen MR) is 93.9 cm³/mol. The number of ether oxygens (including phenoxy) is 4. The second-order valence-corrected chi connectivity index (χ2v) is 5.97. The number of rotatable bonds is 7. The summed E-state index contributed by atoms with van der Waals surface area (Å²) < 4.78 is 21.0. The minimum absolute atomic E-state index is 0.0441. The zero-order valence-electron chi connectivity index (χ0n) is 14.1. The molecular formula is C19H17ClO6. The van der Waals surface area contributed by atoms with E-state index in [1.165, 1.54) is 0 Å². The lowest BCUT2D eigenvalue weighted by Crippen LogP contribution is -2.14. The summed E-state index contributed by atoms with van der Waals surface area (Å²) in [6.07, 6.45) is 0.441. The molecule has 3 rings (SSSR count). The molecule has 2 aromatic rings. The minimum Gasteiger partial charge on any atom is -0.482 e. The van der Waals surface area contributed by atoms with Crippen molar-refractivity contribution in [2.24, 2.45) is 0 Å². The summed E-state index contributed by atoms with van der Waals surface area (Å²) in [6, 6.07) is 10.0. The smallest absolute Gasteiger partial charge is 0.344 e. The Balaban J connectivity index is 1.49. The Morgan fingerprint density at radius 3 is 2.65 bits per heavy atom. The summed E-state index contributed by atoms with van der Waals surface area (Å²) in [7, 11) is 0. The average Bonchev–Trinajstić information content (AvgIpc) is 3.13. The highest BCUT2D eigenvalue weighted by molar-refractivity contribution is 6.32. The number of halogens is 1. The zero-order valence-corrected chi connectivity index (χ0v) is 14.9. The molecular weight excluding hydrogens is 360 g/mol. The van der Waals surface area contributed by atoms with Gasteiger partial charge in [-0.05, 0) is 42.0 Å². The lowest BCUT2D eigenvalue weighted by atomic mass is 10.1. The maximum Gasteiger partial charge on any atom is 0.344 e. The average molecular weight is 377 g/mol. The molecule has 26 heavy (non-hydrogen) atoms. The van der Waals surface area contributed by atoms with E-state index in [1.54, 1.807) is 43.3 Å². The molecule has 136 valence electrons. The van der Waals surface area contributed by atoms with Crippen LogP contribution in [0.1, 0.15) is 29.3 Å². The standard InChI is InChI=1S/C19H17ClO6/c1-2-16(21)13-3-5-14(6-4-13)23-10-18(22)24-9-12-7-15(20)19-17(8-12)25-11-26-19/h3-8H,2,9-11H2,1H3. The van der Waals surface area contributed by atoms with Gasteiger partial charge < -0.3 is 18.9 Å². The molecule has 7 heteroatoms. The summed E-state index contributed by atoms with van der Waals surface area (Å²) in [4.78, 5) is 23.4. The summed E-state index contributed by atoms with van der Waals surface area (Å²) >= 11 is 6.08. The van der Waals surface area contributed by atoms with Crippen molar-refractivity contribution in [2.75, 3.05) is 13.4 Å². The molecule has 1 heterocycles. The molecule has 0 unspecified atom stereocenters. The molecule has 2 aromatic carbocycles. The van der Waals surface area contributed by atoms with E-state index in [9.17, 15) is 9.59 Å². The quantitative estimate of drug-likeness (QED) is 0.541. The number of hydrogen-bond acceptors (Lipinski definition) is 6. The van der Waals surface area contributed by atoms with E-state index in [4.69, 9.17) is 30.5 Å². The molecule has 1 aliphatic rings. The van der Waals surface area contributed by atoms with Crippen LogP contribution >= 0.6 is 11.6 Å². The van der Waals surface area contributed by atoms with Crippen LogP contribution in [-0.4, -0.2) is 25.2 Å². The van der Waals surface area contributed by atoms with Crippen LogP contribution in [0.15, 0.2) is 36.4 Å². The van der Waals surface area contributed by atoms with Gasteiger partial charge >= 0.3 is 5.97 Å². The fourth-order valence-electron chi connectivity index (χ4n) is 2.39. The lowest BCUT2D eigenvalue weighted by molar-refractivity contribution is -0.147. The van der Waals surface area contributed by atoms with Crippen molar-refractivity contribution in [3.05, 3.63) is 52.5 Å². The van der Waals surface area contributed by atoms with Gasteiger partial charge in [-0.2, -0.15) is 0 Å². The summed E-state index contributed by atoms with van der Waals surface area (Å²) in [5.41, 5.74) is 1.30. The number of carbonyl (C=O) groups excluding carboxylic acids is 2. The molecule has 0 bridgehead atoms. The first-order valence-corrected chi connectivity index (χ1v) is 8.44. The molecule has 0 fully saturated rings. The van der Waals surface area contributed by atoms with Crippen LogP contribution in [0.25, 0.3) is 0 Å². The van der Waals surface area contributed by atoms with E-state index in [1.807, 2.05) is 0 Å². The number of carbonyl (C=O) groups is 2. The third-order valence-corrected chi connectivity index (χ3v) is 4.02. The van der Waals surface area contributed by atoms with Gasteiger partial charge in [0.2, 0.25) is 6.79 Å². The van der Waals surface area contributed by atoms with Crippen molar-refractivity contribution in [2.45, 2.75) is 20.0 Å². The van der Waals surface area contributed by atoms with Gasteiger partial charge in [0.1, 0.15) is 12.4 Å². The van der Waals surface area contributed by atoms with Crippen molar-refractivity contribution < 1.29 is 28.5 Å². The van der Waals surface area contributed by atoms with Crippen molar-refractivity contribution in [1.82, 2.24) is 0 Å². The second-order valence-electron chi connectivity index (χ2n) is 5.56. The number of fused-ring (bicyclic) bond motifs is 1. The first-order valence-electron chi connectivity index (χ1n) is 8.06. The number of benzene rings is 2. The molecule has 0 aromatic heterocycles. The first kappa shape index (κ1) is 18.1. The zero-order chi connectivity index (χ0) is 18.5. The van der Waals surface area contributed by atoms with E-state index < -0.39 is 5.97 Å². The highest BCUT2D eigenvalue weighted by Crippen LogP contribution is 2.39. The van der Waals surface area contributed by atoms with Crippen molar-refractivity contribution in [3.8, 4) is 17.2 Å². The van der Waals surface area contributed by atoms with E-state index in [-0.39, 0.29) is 25.8 Å². The molecule has 0 radical (unpaired) electrons. The van der Waals surface area contributed by atoms with Crippen LogP contribution in [0.4, 0.5) is 0 Å². The highest BCUT2D eigenvalue weighted by atomic mass is 35.5. The van der Waals surface area contributed by atoms with Crippen molar-refractivity contribution >= 4 is 23.4 Å². The Hall–Kier alpha value is -2.73. The Labute approximate surface area is 155 Å². The van der Waals surface area contributed by atoms with Crippen LogP contribution in [0.3, 0.4) is 0 Å². The molecule has 1 aliphatic heterocycles. The predicted octanol–water partition coefficient (Wildman–Crippen LogP) is 3.78. The molecule has 6 nitrogen and oxygen atoms in total. The molecule has 0 N–H and O–H groups in total. The largest absolute Gasteiger partial charge is 0.482 e. The van der Waals surface area contributed by atoms with E-state index in [0.29, 0.717) is 39.8 Å². The van der Waals surface area contributed by atoms with Crippen LogP contribution in [-0.2, 0) is 16.1 Å². The fraction of sp³-hybridized carbons (Fsp3) is 0.263. The Bertz CT molecular complexity index is 816. The van der Waals surface area contributed by atoms with Gasteiger partial charge in [-0.15, -0.1) is 0 Å². The van der Waals surface area contributed by atoms with Gasteiger partial charge in [0.15, 0.2) is 23.9 Å². The van der Waals surface area contributed by atoms with Crippen molar-refractivity contribution in [3.63, 3.8) is 0 Å². The van der Waals surface area contributed by atoms with Gasteiger partial charge in [0.05, 0.1) is 5.02 Å². The van der Waals surface area contributed by atoms with Gasteiger partial charge in [-0.1, -0.05) is 18.5 Å². The van der Waals surface area contributed by atoms with Gasteiger partial charge in [-0.3, -0.25) is 4.79 Å². The van der Waals surface area contributed by atoms with Gasteiger partial charge in [0, 0.05) is 12.0 Å². The highest BCUT2D eigenvalue weighted by Gasteiger charge is 2.18. The van der Waals surface area contributed by atoms with Crippen LogP contribution in [0, 0.1) is 0 Å². The van der Waals surface area contributed by atoms with Crippen LogP contribution in [0.2, 0.25) is 5.02 Å². The van der Waals surface area contributed by atoms with Crippen LogP contribution < -0.4 is 14.2 Å². The van der Waals surface area contributed by atoms with Gasteiger partial charge in [0.25, 0.3) is 0 Å². The summed E-state index contributed by atoms with van der Waals surface area (Å²) in [5.74, 6) is 1.04. The molecule has 0 amide bonds. The summed E-state index contributed by atoms with van der Waals surface area (Å²) in [6.45, 7) is 1.73. The molecule has 0 spiro atoms. The topological polar surface area (TPSA) is 71.1 Å². The van der Waals surface area contributed by atoms with Crippen LogP contribution in [0.5, 0.6) is 17.2 Å². The normalized spacial score (nSPS) is 11.9. The van der Waals surface area contributed by atoms with E-state index >= 15 is 0 Å². The maximum atomic E-state index is 11.8. The van der Waals surface area contributed by atoms with E-state index in [2.05, 4.69) is 0 Å². The fourth-order valence-corrected chi connectivity index (χ4v) is 2.68. The number of esters is 1. The molecule has 0 aliphatic carbocycles. The Morgan fingerprint density at radius 1 is 1.15 bits per heavy atom. The molecule has 0 saturated carbocycles. The lowest BCUT2D eigenvalue weighted by Gasteiger charge is -2.09. The molecule has 0 atom stereocenters. The van der Waals surface area contributed by atoms with Crippen molar-refractivity contribution in [1.29, 1.82) is 0 Å². The number of hydrogen-bond donors (Lipinski definition) is 0. The number of Topliss-reactive ketones (excluding diaryl/α,β-unsaturated/α-hetero) is 1. The van der Waals surface area contributed by atoms with E-state index in [0.717, 1.165) is 0 Å². The second kappa shape index (κ2) is 8.10. The Kier molecular flexibility index (Phi) is 5.63. The Morgan fingerprint density at radius 2 is 1.92 bits per heavy atom. The van der Waals surface area contributed by atoms with Gasteiger partial charge in [-0.25, -0.2) is 4.79 Å². The third-order valence-electron chi connectivity index (χ3n) is 3.74. The molecule has 0 saturated heterocycles. The monoisotopic (exact) mass is 376 g/mol. The number of ketones is 1. The maximum absolute atomic E-state index is 11.8. The third kappa shape index (κ3) is 4.26. The minimum atomic E-state index is -0.521. The summed E-state index contributed by atoms with van der Waals surface area (Å²) in [5, 5.41) is 0.406. The first-order chi connectivity index (χ1) is 12.6.